The maximum absolute atomic E-state index is 12.5. The number of aromatic nitrogens is 1. The summed E-state index contributed by atoms with van der Waals surface area (Å²) in [5, 5.41) is 3.23. The molecule has 16 heavy (non-hydrogen) atoms. The van der Waals surface area contributed by atoms with Gasteiger partial charge in [-0.15, -0.1) is 0 Å². The molecule has 0 aliphatic rings. The Hall–Kier alpha value is -1.12. The molecule has 1 aromatic rings. The number of hydrogen-bond donors (Lipinski definition) is 1. The minimum absolute atomic E-state index is 0.426. The Morgan fingerprint density at radius 1 is 1.12 bits per heavy atom. The van der Waals surface area contributed by atoms with Gasteiger partial charge in [0, 0.05) is 6.54 Å². The van der Waals surface area contributed by atoms with Crippen molar-refractivity contribution in [3.05, 3.63) is 24.3 Å². The SMILES string of the molecule is CCCCCCCCNc1ccc(F)nc1. The van der Waals surface area contributed by atoms with Crippen LogP contribution in [0.4, 0.5) is 10.1 Å². The zero-order valence-electron chi connectivity index (χ0n) is 10.0. The number of nitrogens with zero attached hydrogens (tertiary/aromatic N) is 1. The van der Waals surface area contributed by atoms with E-state index in [0.717, 1.165) is 12.2 Å². The van der Waals surface area contributed by atoms with E-state index in [1.54, 1.807) is 6.07 Å². The first-order valence-electron chi connectivity index (χ1n) is 6.18. The molecule has 0 fully saturated rings. The summed E-state index contributed by atoms with van der Waals surface area (Å²) in [6.07, 6.45) is 9.26. The highest BCUT2D eigenvalue weighted by molar-refractivity contribution is 5.39. The van der Waals surface area contributed by atoms with E-state index < -0.39 is 5.95 Å². The third-order valence-electron chi connectivity index (χ3n) is 2.59. The van der Waals surface area contributed by atoms with Crippen molar-refractivity contribution >= 4 is 5.69 Å². The molecule has 1 N–H and O–H groups in total. The van der Waals surface area contributed by atoms with Crippen LogP contribution < -0.4 is 5.32 Å². The molecule has 1 heterocycles. The molecule has 90 valence electrons. The predicted octanol–water partition coefficient (Wildman–Crippen LogP) is 3.99. The number of unbranched alkanes of at least 4 members (excludes halogenated alkanes) is 5. The smallest absolute Gasteiger partial charge is 0.212 e. The molecule has 0 saturated carbocycles. The summed E-state index contributed by atoms with van der Waals surface area (Å²) in [5.41, 5.74) is 0.898. The Labute approximate surface area is 97.3 Å². The number of anilines is 1. The molecule has 0 radical (unpaired) electrons. The molecule has 3 heteroatoms. The summed E-state index contributed by atoms with van der Waals surface area (Å²) < 4.78 is 12.5. The zero-order chi connectivity index (χ0) is 11.6. The number of hydrogen-bond acceptors (Lipinski definition) is 2. The first-order chi connectivity index (χ1) is 7.83. The summed E-state index contributed by atoms with van der Waals surface area (Å²) in [6, 6.07) is 3.10. The van der Waals surface area contributed by atoms with Crippen molar-refractivity contribution in [3.63, 3.8) is 0 Å². The summed E-state index contributed by atoms with van der Waals surface area (Å²) in [7, 11) is 0. The lowest BCUT2D eigenvalue weighted by Gasteiger charge is -2.05. The van der Waals surface area contributed by atoms with Crippen LogP contribution in [-0.2, 0) is 0 Å². The van der Waals surface area contributed by atoms with Crippen LogP contribution in [-0.4, -0.2) is 11.5 Å². The van der Waals surface area contributed by atoms with E-state index in [1.807, 2.05) is 0 Å². The van der Waals surface area contributed by atoms with E-state index in [4.69, 9.17) is 0 Å². The molecule has 0 spiro atoms. The number of rotatable bonds is 8. The molecule has 0 amide bonds. The average Bonchev–Trinajstić information content (AvgIpc) is 2.30. The fraction of sp³-hybridized carbons (Fsp3) is 0.615. The fourth-order valence-corrected chi connectivity index (χ4v) is 1.62. The standard InChI is InChI=1S/C13H21FN2/c1-2-3-4-5-6-7-10-15-12-8-9-13(14)16-11-12/h8-9,11,15H,2-7,10H2,1H3. The van der Waals surface area contributed by atoms with Crippen molar-refractivity contribution in [2.75, 3.05) is 11.9 Å². The van der Waals surface area contributed by atoms with Crippen LogP contribution in [0, 0.1) is 5.95 Å². The topological polar surface area (TPSA) is 24.9 Å². The average molecular weight is 224 g/mol. The van der Waals surface area contributed by atoms with Crippen molar-refractivity contribution in [1.29, 1.82) is 0 Å². The third kappa shape index (κ3) is 5.69. The van der Waals surface area contributed by atoms with E-state index in [2.05, 4.69) is 17.2 Å². The molecule has 1 aromatic heterocycles. The molecule has 2 nitrogen and oxygen atoms in total. The van der Waals surface area contributed by atoms with Gasteiger partial charge in [0.1, 0.15) is 0 Å². The van der Waals surface area contributed by atoms with Crippen LogP contribution in [0.15, 0.2) is 18.3 Å². The van der Waals surface area contributed by atoms with Gasteiger partial charge >= 0.3 is 0 Å². The molecule has 0 aromatic carbocycles. The van der Waals surface area contributed by atoms with Crippen LogP contribution in [0.1, 0.15) is 45.4 Å². The van der Waals surface area contributed by atoms with Crippen molar-refractivity contribution in [3.8, 4) is 0 Å². The summed E-state index contributed by atoms with van der Waals surface area (Å²) in [5.74, 6) is -0.426. The highest BCUT2D eigenvalue weighted by Gasteiger charge is 1.94. The van der Waals surface area contributed by atoms with Gasteiger partial charge in [-0.1, -0.05) is 39.0 Å². The second-order valence-corrected chi connectivity index (χ2v) is 4.06. The lowest BCUT2D eigenvalue weighted by molar-refractivity contribution is 0.584. The van der Waals surface area contributed by atoms with Crippen molar-refractivity contribution in [2.45, 2.75) is 45.4 Å². The van der Waals surface area contributed by atoms with E-state index >= 15 is 0 Å². The van der Waals surface area contributed by atoms with Gasteiger partial charge in [0.05, 0.1) is 11.9 Å². The van der Waals surface area contributed by atoms with E-state index in [9.17, 15) is 4.39 Å². The molecule has 0 unspecified atom stereocenters. The number of halogens is 1. The first-order valence-corrected chi connectivity index (χ1v) is 6.18. The molecule has 0 aliphatic heterocycles. The molecule has 0 saturated heterocycles. The zero-order valence-corrected chi connectivity index (χ0v) is 10.0. The molecule has 0 atom stereocenters. The van der Waals surface area contributed by atoms with Crippen LogP contribution in [0.3, 0.4) is 0 Å². The predicted molar refractivity (Wildman–Crippen MR) is 66.1 cm³/mol. The second kappa shape index (κ2) is 8.08. The second-order valence-electron chi connectivity index (χ2n) is 4.06. The minimum Gasteiger partial charge on any atom is -0.384 e. The van der Waals surface area contributed by atoms with Gasteiger partial charge in [-0.3, -0.25) is 0 Å². The highest BCUT2D eigenvalue weighted by Crippen LogP contribution is 2.07. The van der Waals surface area contributed by atoms with Gasteiger partial charge in [-0.2, -0.15) is 4.39 Å². The molecular weight excluding hydrogens is 203 g/mol. The number of pyridine rings is 1. The summed E-state index contributed by atoms with van der Waals surface area (Å²) >= 11 is 0. The lowest BCUT2D eigenvalue weighted by atomic mass is 10.1. The van der Waals surface area contributed by atoms with Crippen LogP contribution >= 0.6 is 0 Å². The Morgan fingerprint density at radius 3 is 2.56 bits per heavy atom. The Bertz CT molecular complexity index is 272. The quantitative estimate of drug-likeness (QED) is 0.533. The maximum atomic E-state index is 12.5. The Kier molecular flexibility index (Phi) is 6.54. The van der Waals surface area contributed by atoms with E-state index in [0.29, 0.717) is 0 Å². The first kappa shape index (κ1) is 12.9. The summed E-state index contributed by atoms with van der Waals surface area (Å²) in [6.45, 7) is 3.17. The largest absolute Gasteiger partial charge is 0.384 e. The normalized spacial score (nSPS) is 10.4. The van der Waals surface area contributed by atoms with Crippen LogP contribution in [0.25, 0.3) is 0 Å². The van der Waals surface area contributed by atoms with Gasteiger partial charge in [0.15, 0.2) is 0 Å². The van der Waals surface area contributed by atoms with Gasteiger partial charge in [0.25, 0.3) is 0 Å². The van der Waals surface area contributed by atoms with Crippen molar-refractivity contribution in [2.24, 2.45) is 0 Å². The van der Waals surface area contributed by atoms with Gasteiger partial charge in [-0.25, -0.2) is 4.98 Å². The Balaban J connectivity index is 2.01. The van der Waals surface area contributed by atoms with Gasteiger partial charge in [0.2, 0.25) is 5.95 Å². The van der Waals surface area contributed by atoms with E-state index in [-0.39, 0.29) is 0 Å². The summed E-state index contributed by atoms with van der Waals surface area (Å²) in [4.78, 5) is 3.59. The molecule has 0 aliphatic carbocycles. The minimum atomic E-state index is -0.426. The lowest BCUT2D eigenvalue weighted by Crippen LogP contribution is -2.01. The maximum Gasteiger partial charge on any atom is 0.212 e. The molecule has 0 bridgehead atoms. The third-order valence-corrected chi connectivity index (χ3v) is 2.59. The number of nitrogens with one attached hydrogen (secondary N) is 1. The van der Waals surface area contributed by atoms with Gasteiger partial charge < -0.3 is 5.32 Å². The van der Waals surface area contributed by atoms with Crippen LogP contribution in [0.5, 0.6) is 0 Å². The highest BCUT2D eigenvalue weighted by atomic mass is 19.1. The van der Waals surface area contributed by atoms with Crippen molar-refractivity contribution in [1.82, 2.24) is 4.98 Å². The van der Waals surface area contributed by atoms with Crippen LogP contribution in [0.2, 0.25) is 0 Å². The molecular formula is C13H21FN2. The molecule has 1 rings (SSSR count). The fourth-order valence-electron chi connectivity index (χ4n) is 1.62. The van der Waals surface area contributed by atoms with Crippen molar-refractivity contribution < 1.29 is 4.39 Å². The van der Waals surface area contributed by atoms with E-state index in [1.165, 1.54) is 50.8 Å². The monoisotopic (exact) mass is 224 g/mol. The van der Waals surface area contributed by atoms with Gasteiger partial charge in [-0.05, 0) is 18.6 Å². The Morgan fingerprint density at radius 2 is 1.88 bits per heavy atom.